The van der Waals surface area contributed by atoms with E-state index in [-0.39, 0.29) is 0 Å². The van der Waals surface area contributed by atoms with Crippen LogP contribution in [-0.2, 0) is 29.2 Å². The average molecular weight is 554 g/mol. The highest BCUT2D eigenvalue weighted by Crippen LogP contribution is 2.27. The maximum Gasteiger partial charge on any atom is 0.490 e. The summed E-state index contributed by atoms with van der Waals surface area (Å²) in [4.78, 5) is 29.1. The monoisotopic (exact) mass is 554 g/mol. The highest BCUT2D eigenvalue weighted by atomic mass is 32.1. The first-order chi connectivity index (χ1) is 17.2. The molecule has 4 rings (SSSR count). The molecular weight excluding hydrogens is 534 g/mol. The van der Waals surface area contributed by atoms with Crippen molar-refractivity contribution in [3.05, 3.63) is 52.7 Å². The van der Waals surface area contributed by atoms with Crippen molar-refractivity contribution >= 4 is 23.3 Å². The number of methoxy groups -OCH3 is 1. The number of alkyl halides is 6. The van der Waals surface area contributed by atoms with Crippen LogP contribution in [0.25, 0.3) is 11.3 Å². The molecule has 0 fully saturated rings. The number of carboxylic acid groups (broad SMARTS) is 2. The van der Waals surface area contributed by atoms with Crippen molar-refractivity contribution < 1.29 is 50.9 Å². The van der Waals surface area contributed by atoms with Gasteiger partial charge in [-0.1, -0.05) is 6.07 Å². The molecule has 0 aromatic carbocycles. The molecule has 1 aliphatic rings. The van der Waals surface area contributed by atoms with Crippen LogP contribution < -0.4 is 4.74 Å². The van der Waals surface area contributed by atoms with Crippen LogP contribution in [-0.4, -0.2) is 67.6 Å². The van der Waals surface area contributed by atoms with Gasteiger partial charge in [-0.3, -0.25) is 4.90 Å². The Morgan fingerprint density at radius 2 is 1.68 bits per heavy atom. The molecule has 0 spiro atoms. The lowest BCUT2D eigenvalue weighted by molar-refractivity contribution is -0.193. The number of pyridine rings is 1. The van der Waals surface area contributed by atoms with Crippen molar-refractivity contribution in [1.29, 1.82) is 0 Å². The Kier molecular flexibility index (Phi) is 10.0. The van der Waals surface area contributed by atoms with Crippen LogP contribution in [0.15, 0.2) is 41.4 Å². The van der Waals surface area contributed by atoms with E-state index >= 15 is 0 Å². The Morgan fingerprint density at radius 1 is 1.05 bits per heavy atom. The van der Waals surface area contributed by atoms with E-state index in [4.69, 9.17) is 24.5 Å². The van der Waals surface area contributed by atoms with E-state index in [1.165, 1.54) is 11.3 Å². The number of hydrogen-bond acceptors (Lipinski definition) is 7. The Morgan fingerprint density at radius 3 is 2.19 bits per heavy atom. The molecule has 16 heteroatoms. The van der Waals surface area contributed by atoms with Crippen LogP contribution in [0.4, 0.5) is 26.3 Å². The molecule has 0 bridgehead atoms. The highest BCUT2D eigenvalue weighted by molar-refractivity contribution is 7.08. The molecule has 0 saturated heterocycles. The van der Waals surface area contributed by atoms with Gasteiger partial charge in [0.05, 0.1) is 25.5 Å². The molecule has 0 amide bonds. The summed E-state index contributed by atoms with van der Waals surface area (Å²) >= 11 is 1.72. The van der Waals surface area contributed by atoms with Gasteiger partial charge in [-0.05, 0) is 17.5 Å². The van der Waals surface area contributed by atoms with Crippen molar-refractivity contribution in [1.82, 2.24) is 19.4 Å². The van der Waals surface area contributed by atoms with Crippen molar-refractivity contribution in [2.75, 3.05) is 13.7 Å². The second-order valence-corrected chi connectivity index (χ2v) is 7.99. The van der Waals surface area contributed by atoms with Crippen LogP contribution in [0, 0.1) is 0 Å². The number of rotatable bonds is 4. The van der Waals surface area contributed by atoms with Gasteiger partial charge in [-0.25, -0.2) is 19.6 Å². The molecule has 3 aromatic heterocycles. The number of halogens is 6. The zero-order chi connectivity index (χ0) is 27.8. The molecule has 9 nitrogen and oxygen atoms in total. The Bertz CT molecular complexity index is 1160. The first-order valence-corrected chi connectivity index (χ1v) is 11.1. The first-order valence-electron chi connectivity index (χ1n) is 10.1. The minimum Gasteiger partial charge on any atom is -0.481 e. The molecule has 4 heterocycles. The van der Waals surface area contributed by atoms with Gasteiger partial charge >= 0.3 is 24.3 Å². The largest absolute Gasteiger partial charge is 0.490 e. The van der Waals surface area contributed by atoms with E-state index in [0.29, 0.717) is 5.88 Å². The lowest BCUT2D eigenvalue weighted by Gasteiger charge is -2.28. The summed E-state index contributed by atoms with van der Waals surface area (Å²) in [6.45, 7) is 3.64. The number of ether oxygens (including phenoxy) is 1. The van der Waals surface area contributed by atoms with Gasteiger partial charge in [-0.15, -0.1) is 0 Å². The van der Waals surface area contributed by atoms with Crippen molar-refractivity contribution in [2.45, 2.75) is 32.0 Å². The Balaban J connectivity index is 0.000000286. The molecule has 3 aromatic rings. The molecular formula is C21H20F6N4O5S. The first kappa shape index (κ1) is 29.6. The summed E-state index contributed by atoms with van der Waals surface area (Å²) in [7, 11) is 1.67. The van der Waals surface area contributed by atoms with Crippen LogP contribution >= 0.6 is 11.3 Å². The zero-order valence-corrected chi connectivity index (χ0v) is 19.8. The molecule has 2 N–H and O–H groups in total. The number of carbonyl (C=O) groups is 2. The zero-order valence-electron chi connectivity index (χ0n) is 19.0. The van der Waals surface area contributed by atoms with Gasteiger partial charge in [0.25, 0.3) is 0 Å². The molecule has 1 aliphatic heterocycles. The molecule has 37 heavy (non-hydrogen) atoms. The van der Waals surface area contributed by atoms with E-state index in [1.54, 1.807) is 24.6 Å². The van der Waals surface area contributed by atoms with Crippen LogP contribution in [0.5, 0.6) is 5.88 Å². The summed E-state index contributed by atoms with van der Waals surface area (Å²) in [6.07, 6.45) is -6.41. The van der Waals surface area contributed by atoms with E-state index in [0.717, 1.165) is 37.6 Å². The van der Waals surface area contributed by atoms with E-state index in [1.807, 2.05) is 12.3 Å². The second kappa shape index (κ2) is 12.5. The maximum absolute atomic E-state index is 10.6. The predicted octanol–water partition coefficient (Wildman–Crippen LogP) is 4.30. The Labute approximate surface area is 209 Å². The van der Waals surface area contributed by atoms with Crippen LogP contribution in [0.1, 0.15) is 11.4 Å². The van der Waals surface area contributed by atoms with Crippen LogP contribution in [0.2, 0.25) is 0 Å². The predicted molar refractivity (Wildman–Crippen MR) is 118 cm³/mol. The number of nitrogens with zero attached hydrogens (tertiary/aromatic N) is 4. The number of hydrogen-bond donors (Lipinski definition) is 2. The number of carboxylic acids is 2. The Hall–Kier alpha value is -3.66. The topological polar surface area (TPSA) is 118 Å². The second-order valence-electron chi connectivity index (χ2n) is 7.21. The fourth-order valence-corrected chi connectivity index (χ4v) is 3.70. The molecule has 0 unspecified atom stereocenters. The third kappa shape index (κ3) is 8.75. The van der Waals surface area contributed by atoms with Gasteiger partial charge in [-0.2, -0.15) is 37.7 Å². The molecule has 0 radical (unpaired) electrons. The van der Waals surface area contributed by atoms with Gasteiger partial charge in [0.15, 0.2) is 0 Å². The summed E-state index contributed by atoms with van der Waals surface area (Å²) in [6, 6.07) is 6.18. The third-order valence-electron chi connectivity index (χ3n) is 4.68. The van der Waals surface area contributed by atoms with Gasteiger partial charge in [0.1, 0.15) is 5.82 Å². The molecule has 0 aliphatic carbocycles. The third-order valence-corrected chi connectivity index (χ3v) is 5.37. The van der Waals surface area contributed by atoms with Crippen molar-refractivity contribution in [3.63, 3.8) is 0 Å². The summed E-state index contributed by atoms with van der Waals surface area (Å²) in [5.74, 6) is -3.68. The average Bonchev–Trinajstić information content (AvgIpc) is 3.48. The van der Waals surface area contributed by atoms with Gasteiger partial charge in [0, 0.05) is 42.3 Å². The van der Waals surface area contributed by atoms with Crippen molar-refractivity contribution in [2.24, 2.45) is 0 Å². The smallest absolute Gasteiger partial charge is 0.481 e. The quantitative estimate of drug-likeness (QED) is 0.459. The SMILES string of the molecule is COc1ncccc1CN1CCn2c(-c3ccsc3)cnc2C1.O=C(O)C(F)(F)F.O=C(O)C(F)(F)F. The number of thiophene rings is 1. The molecule has 0 saturated carbocycles. The lowest BCUT2D eigenvalue weighted by atomic mass is 10.2. The fraction of sp³-hybridized carbons (Fsp3) is 0.333. The number of fused-ring (bicyclic) bond motifs is 1. The van der Waals surface area contributed by atoms with Gasteiger partial charge < -0.3 is 19.5 Å². The maximum atomic E-state index is 10.6. The minimum absolute atomic E-state index is 0.709. The van der Waals surface area contributed by atoms with E-state index in [9.17, 15) is 26.3 Å². The van der Waals surface area contributed by atoms with E-state index in [2.05, 4.69) is 42.3 Å². The standard InChI is InChI=1S/C17H18N4OS.2C2HF3O2/c1-22-17-13(3-2-5-18-17)10-20-6-7-21-15(9-19-16(21)11-20)14-4-8-23-12-14;2*3-2(4,5)1(6)7/h2-5,8-9,12H,6-7,10-11H2,1H3;2*(H,6,7). The number of aliphatic carboxylic acids is 2. The normalized spacial score (nSPS) is 13.4. The molecule has 0 atom stereocenters. The van der Waals surface area contributed by atoms with Crippen LogP contribution in [0.3, 0.4) is 0 Å². The minimum atomic E-state index is -5.08. The fourth-order valence-electron chi connectivity index (χ4n) is 3.05. The number of aromatic nitrogens is 3. The number of imidazole rings is 1. The lowest BCUT2D eigenvalue weighted by Crippen LogP contribution is -2.33. The van der Waals surface area contributed by atoms with E-state index < -0.39 is 24.3 Å². The van der Waals surface area contributed by atoms with Crippen molar-refractivity contribution in [3.8, 4) is 17.1 Å². The summed E-state index contributed by atoms with van der Waals surface area (Å²) in [5.41, 5.74) is 3.60. The highest BCUT2D eigenvalue weighted by Gasteiger charge is 2.38. The summed E-state index contributed by atoms with van der Waals surface area (Å²) < 4.78 is 71.2. The van der Waals surface area contributed by atoms with Gasteiger partial charge in [0.2, 0.25) is 5.88 Å². The summed E-state index contributed by atoms with van der Waals surface area (Å²) in [5, 5.41) is 18.5. The molecule has 202 valence electrons.